The van der Waals surface area contributed by atoms with E-state index in [-0.39, 0.29) is 23.8 Å². The molecule has 0 bridgehead atoms. The number of hydrogen-bond donors (Lipinski definition) is 2. The smallest absolute Gasteiger partial charge is 0.274 e. The molecule has 44 heavy (non-hydrogen) atoms. The minimum atomic E-state index is -0.813. The van der Waals surface area contributed by atoms with Crippen molar-refractivity contribution in [3.05, 3.63) is 93.6 Å². The number of nitrogens with one attached hydrogen (secondary N) is 1. The van der Waals surface area contributed by atoms with Crippen LogP contribution in [0.25, 0.3) is 10.9 Å². The maximum atomic E-state index is 15.4. The first-order valence-corrected chi connectivity index (χ1v) is 15.0. The Morgan fingerprint density at radius 2 is 2.05 bits per heavy atom. The number of allylic oxidation sites excluding steroid dienone is 3. The van der Waals surface area contributed by atoms with Gasteiger partial charge in [0.25, 0.3) is 5.56 Å². The number of anilines is 1. The zero-order valence-corrected chi connectivity index (χ0v) is 24.8. The van der Waals surface area contributed by atoms with Crippen molar-refractivity contribution >= 4 is 22.6 Å². The molecule has 0 aromatic carbocycles. The molecule has 6 rings (SSSR count). The van der Waals surface area contributed by atoms with Gasteiger partial charge in [0.05, 0.1) is 37.3 Å². The molecule has 0 aliphatic carbocycles. The summed E-state index contributed by atoms with van der Waals surface area (Å²) in [6, 6.07) is 0.811. The lowest BCUT2D eigenvalue weighted by atomic mass is 10.0. The Bertz CT molecular complexity index is 1720. The minimum Gasteiger partial charge on any atom is -0.381 e. The SMILES string of the molecule is C=CC1=C(/C=C2\Cc3cn(C)c(=O)c4[nH]cc(c34)CN2c2ncc(F)cc2F)N(C(=O)CCCCN)CCN1CC1COC1. The number of halogens is 2. The fraction of sp³-hybridized carbons (Fsp3) is 0.406. The molecule has 3 aliphatic rings. The molecule has 0 spiro atoms. The lowest BCUT2D eigenvalue weighted by molar-refractivity contribution is -0.130. The van der Waals surface area contributed by atoms with Gasteiger partial charge in [0.15, 0.2) is 11.6 Å². The summed E-state index contributed by atoms with van der Waals surface area (Å²) in [6.45, 7) is 8.03. The lowest BCUT2D eigenvalue weighted by Gasteiger charge is -2.41. The highest BCUT2D eigenvalue weighted by atomic mass is 19.1. The molecule has 3 aliphatic heterocycles. The topological polar surface area (TPSA) is 113 Å². The van der Waals surface area contributed by atoms with E-state index in [2.05, 4.69) is 21.4 Å². The fourth-order valence-corrected chi connectivity index (χ4v) is 6.31. The van der Waals surface area contributed by atoms with Crippen LogP contribution in [0.4, 0.5) is 14.6 Å². The fourth-order valence-electron chi connectivity index (χ4n) is 6.31. The van der Waals surface area contributed by atoms with E-state index < -0.39 is 11.6 Å². The van der Waals surface area contributed by atoms with Crippen molar-refractivity contribution < 1.29 is 18.3 Å². The molecule has 232 valence electrons. The van der Waals surface area contributed by atoms with Crippen LogP contribution in [0.2, 0.25) is 0 Å². The Labute approximate surface area is 254 Å². The van der Waals surface area contributed by atoms with Crippen molar-refractivity contribution in [3.63, 3.8) is 0 Å². The number of ether oxygens (including phenoxy) is 1. The summed E-state index contributed by atoms with van der Waals surface area (Å²) in [6.07, 6.45) is 10.2. The van der Waals surface area contributed by atoms with Gasteiger partial charge in [-0.15, -0.1) is 0 Å². The van der Waals surface area contributed by atoms with Gasteiger partial charge in [-0.1, -0.05) is 6.58 Å². The standard InChI is InChI=1S/C32H37F2N7O3/c1-3-26-27(40(28(42)6-4-5-7-35)9-8-39(26)15-20-18-44-19-20)12-24-10-21-16-38(2)32(43)30-29(21)22(13-36-30)17-41(24)31-25(34)11-23(33)14-37-31/h3,11-14,16,20,36H,1,4-10,15,17-19,35H2,2H3/b24-12+. The largest absolute Gasteiger partial charge is 0.381 e. The molecule has 0 saturated carbocycles. The maximum absolute atomic E-state index is 15.4. The molecule has 1 amide bonds. The lowest BCUT2D eigenvalue weighted by Crippen LogP contribution is -2.47. The van der Waals surface area contributed by atoms with E-state index in [9.17, 15) is 14.0 Å². The molecule has 3 aromatic rings. The second kappa shape index (κ2) is 12.4. The van der Waals surface area contributed by atoms with E-state index >= 15 is 4.39 Å². The van der Waals surface area contributed by atoms with E-state index in [1.54, 1.807) is 35.3 Å². The van der Waals surface area contributed by atoms with E-state index in [4.69, 9.17) is 10.5 Å². The third-order valence-corrected chi connectivity index (χ3v) is 8.57. The number of rotatable bonds is 9. The van der Waals surface area contributed by atoms with Gasteiger partial charge < -0.3 is 34.7 Å². The van der Waals surface area contributed by atoms with E-state index in [1.165, 1.54) is 4.57 Å². The quantitative estimate of drug-likeness (QED) is 0.360. The number of aromatic nitrogens is 3. The third kappa shape index (κ3) is 5.55. The second-order valence-electron chi connectivity index (χ2n) is 11.6. The number of pyridine rings is 2. The van der Waals surface area contributed by atoms with Crippen LogP contribution in [0.5, 0.6) is 0 Å². The Balaban J connectivity index is 1.52. The molecule has 0 atom stereocenters. The average Bonchev–Trinajstić information content (AvgIpc) is 3.34. The van der Waals surface area contributed by atoms with Crippen LogP contribution >= 0.6 is 0 Å². The average molecular weight is 606 g/mol. The molecular formula is C32H37F2N7O3. The van der Waals surface area contributed by atoms with Crippen molar-refractivity contribution in [1.29, 1.82) is 0 Å². The number of aryl methyl sites for hydroxylation is 1. The molecule has 10 nitrogen and oxygen atoms in total. The number of hydrogen-bond acceptors (Lipinski definition) is 7. The molecule has 3 N–H and O–H groups in total. The number of carbonyl (C=O) groups is 1. The minimum absolute atomic E-state index is 0.0291. The van der Waals surface area contributed by atoms with E-state index in [0.717, 1.165) is 47.4 Å². The number of carbonyl (C=O) groups excluding carboxylic acids is 1. The van der Waals surface area contributed by atoms with Gasteiger partial charge in [0.2, 0.25) is 5.91 Å². The third-order valence-electron chi connectivity index (χ3n) is 8.57. The van der Waals surface area contributed by atoms with Gasteiger partial charge in [0, 0.05) is 75.0 Å². The van der Waals surface area contributed by atoms with Crippen LogP contribution in [-0.4, -0.2) is 69.6 Å². The van der Waals surface area contributed by atoms with Crippen molar-refractivity contribution in [1.82, 2.24) is 24.3 Å². The Hall–Kier alpha value is -4.29. The van der Waals surface area contributed by atoms with Crippen molar-refractivity contribution in [2.45, 2.75) is 32.2 Å². The van der Waals surface area contributed by atoms with Gasteiger partial charge in [0.1, 0.15) is 11.3 Å². The van der Waals surface area contributed by atoms with Crippen LogP contribution in [0, 0.1) is 17.6 Å². The van der Waals surface area contributed by atoms with Gasteiger partial charge in [-0.25, -0.2) is 13.8 Å². The highest BCUT2D eigenvalue weighted by Crippen LogP contribution is 2.35. The van der Waals surface area contributed by atoms with Crippen LogP contribution in [0.3, 0.4) is 0 Å². The Morgan fingerprint density at radius 1 is 1.23 bits per heavy atom. The van der Waals surface area contributed by atoms with Crippen molar-refractivity contribution in [3.8, 4) is 0 Å². The van der Waals surface area contributed by atoms with Crippen LogP contribution < -0.4 is 16.2 Å². The highest BCUT2D eigenvalue weighted by Gasteiger charge is 2.32. The number of aromatic amines is 1. The predicted molar refractivity (Wildman–Crippen MR) is 163 cm³/mol. The first-order chi connectivity index (χ1) is 21.3. The first-order valence-electron chi connectivity index (χ1n) is 15.0. The van der Waals surface area contributed by atoms with Gasteiger partial charge in [-0.2, -0.15) is 0 Å². The monoisotopic (exact) mass is 605 g/mol. The number of nitrogens with zero attached hydrogens (tertiary/aromatic N) is 5. The van der Waals surface area contributed by atoms with E-state index in [0.29, 0.717) is 74.9 Å². The Morgan fingerprint density at radius 3 is 2.75 bits per heavy atom. The van der Waals surface area contributed by atoms with Gasteiger partial charge >= 0.3 is 0 Å². The molecule has 3 aromatic heterocycles. The van der Waals surface area contributed by atoms with Crippen LogP contribution in [0.15, 0.2) is 65.3 Å². The summed E-state index contributed by atoms with van der Waals surface area (Å²) in [7, 11) is 1.69. The number of amides is 1. The van der Waals surface area contributed by atoms with Crippen molar-refractivity contribution in [2.75, 3.05) is 44.3 Å². The molecule has 12 heteroatoms. The highest BCUT2D eigenvalue weighted by molar-refractivity contribution is 5.87. The molecule has 1 saturated heterocycles. The zero-order valence-electron chi connectivity index (χ0n) is 24.8. The molecular weight excluding hydrogens is 568 g/mol. The summed E-state index contributed by atoms with van der Waals surface area (Å²) >= 11 is 0. The van der Waals surface area contributed by atoms with Crippen LogP contribution in [-0.2, 0) is 29.5 Å². The normalized spacial score (nSPS) is 18.3. The summed E-state index contributed by atoms with van der Waals surface area (Å²) in [4.78, 5) is 39.5. The molecule has 0 unspecified atom stereocenters. The summed E-state index contributed by atoms with van der Waals surface area (Å²) in [5.41, 5.74) is 9.71. The number of H-pyrrole nitrogens is 1. The first kappa shape index (κ1) is 29.8. The van der Waals surface area contributed by atoms with Gasteiger partial charge in [-0.05, 0) is 42.7 Å². The van der Waals surface area contributed by atoms with Crippen molar-refractivity contribution in [2.24, 2.45) is 18.7 Å². The summed E-state index contributed by atoms with van der Waals surface area (Å²) < 4.78 is 36.3. The maximum Gasteiger partial charge on any atom is 0.274 e. The van der Waals surface area contributed by atoms with Gasteiger partial charge in [-0.3, -0.25) is 9.59 Å². The predicted octanol–water partition coefficient (Wildman–Crippen LogP) is 3.30. The summed E-state index contributed by atoms with van der Waals surface area (Å²) in [5, 5.41) is 0.770. The van der Waals surface area contributed by atoms with Crippen LogP contribution in [0.1, 0.15) is 30.4 Å². The molecule has 0 radical (unpaired) electrons. The Kier molecular flexibility index (Phi) is 8.37. The number of unbranched alkanes of at least 4 members (excludes halogenated alkanes) is 1. The summed E-state index contributed by atoms with van der Waals surface area (Å²) in [5.74, 6) is -1.30. The number of nitrogens with two attached hydrogens (primary N) is 1. The molecule has 6 heterocycles. The van der Waals surface area contributed by atoms with E-state index in [1.807, 2.05) is 6.08 Å². The molecule has 1 fully saturated rings. The second-order valence-corrected chi connectivity index (χ2v) is 11.6. The zero-order chi connectivity index (χ0) is 31.0.